The number of carbonyl (C=O) groups is 1. The molecule has 1 aliphatic rings. The molecular formula is C27H24ClN5O2S2. The molecule has 0 aliphatic heterocycles. The zero-order valence-electron chi connectivity index (χ0n) is 20.1. The van der Waals surface area contributed by atoms with E-state index in [4.69, 9.17) is 11.6 Å². The lowest BCUT2D eigenvalue weighted by atomic mass is 9.89. The maximum absolute atomic E-state index is 13.9. The summed E-state index contributed by atoms with van der Waals surface area (Å²) in [4.78, 5) is 28.7. The van der Waals surface area contributed by atoms with Crippen molar-refractivity contribution in [3.8, 4) is 5.69 Å². The third-order valence-corrected chi connectivity index (χ3v) is 9.13. The highest BCUT2D eigenvalue weighted by Gasteiger charge is 2.27. The molecule has 1 unspecified atom stereocenters. The van der Waals surface area contributed by atoms with E-state index in [1.54, 1.807) is 28.0 Å². The molecule has 1 N–H and O–H groups in total. The van der Waals surface area contributed by atoms with Crippen LogP contribution in [0.15, 0.2) is 64.5 Å². The van der Waals surface area contributed by atoms with Crippen LogP contribution in [0.4, 0.5) is 0 Å². The average molecular weight is 550 g/mol. The lowest BCUT2D eigenvalue weighted by Crippen LogP contribution is -2.24. The Bertz CT molecular complexity index is 1680. The molecule has 0 spiro atoms. The fourth-order valence-electron chi connectivity index (χ4n) is 4.80. The third-order valence-electron chi connectivity index (χ3n) is 6.67. The van der Waals surface area contributed by atoms with Crippen LogP contribution in [0.25, 0.3) is 21.7 Å². The molecule has 10 heteroatoms. The van der Waals surface area contributed by atoms with Gasteiger partial charge in [0, 0.05) is 16.4 Å². The molecular weight excluding hydrogens is 526 g/mol. The zero-order chi connectivity index (χ0) is 25.5. The zero-order valence-corrected chi connectivity index (χ0v) is 22.5. The number of thioether (sulfide) groups is 1. The molecule has 188 valence electrons. The molecule has 7 nitrogen and oxygen atoms in total. The Morgan fingerprint density at radius 1 is 1.16 bits per heavy atom. The molecule has 37 heavy (non-hydrogen) atoms. The van der Waals surface area contributed by atoms with E-state index in [1.807, 2.05) is 46.9 Å². The molecule has 3 aromatic heterocycles. The Morgan fingerprint density at radius 3 is 2.73 bits per heavy atom. The molecule has 0 radical (unpaired) electrons. The molecule has 0 saturated heterocycles. The molecule has 1 aliphatic carbocycles. The monoisotopic (exact) mass is 549 g/mol. The van der Waals surface area contributed by atoms with Crippen LogP contribution in [-0.2, 0) is 24.2 Å². The van der Waals surface area contributed by atoms with Crippen molar-refractivity contribution in [1.29, 1.82) is 0 Å². The van der Waals surface area contributed by atoms with E-state index < -0.39 is 0 Å². The first kappa shape index (κ1) is 24.2. The van der Waals surface area contributed by atoms with Crippen molar-refractivity contribution in [2.75, 3.05) is 5.75 Å². The summed E-state index contributed by atoms with van der Waals surface area (Å²) in [5.74, 6) is 1.05. The van der Waals surface area contributed by atoms with Gasteiger partial charge in [0.15, 0.2) is 5.16 Å². The van der Waals surface area contributed by atoms with E-state index >= 15 is 0 Å². The maximum Gasteiger partial charge on any atom is 0.268 e. The van der Waals surface area contributed by atoms with Crippen LogP contribution in [0.1, 0.15) is 29.3 Å². The van der Waals surface area contributed by atoms with Gasteiger partial charge in [-0.25, -0.2) is 8.97 Å². The Morgan fingerprint density at radius 2 is 1.95 bits per heavy atom. The molecule has 3 heterocycles. The molecule has 2 aromatic carbocycles. The van der Waals surface area contributed by atoms with E-state index in [-0.39, 0.29) is 17.2 Å². The van der Waals surface area contributed by atoms with Gasteiger partial charge in [0.2, 0.25) is 11.7 Å². The number of carbonyl (C=O) groups excluding carboxylic acids is 1. The second-order valence-electron chi connectivity index (χ2n) is 9.32. The highest BCUT2D eigenvalue weighted by Crippen LogP contribution is 2.38. The van der Waals surface area contributed by atoms with Gasteiger partial charge in [0.05, 0.1) is 16.8 Å². The number of rotatable bonds is 6. The quantitative estimate of drug-likeness (QED) is 0.291. The molecule has 6 rings (SSSR count). The van der Waals surface area contributed by atoms with E-state index in [1.165, 1.54) is 16.6 Å². The van der Waals surface area contributed by atoms with Crippen LogP contribution in [0.2, 0.25) is 5.02 Å². The predicted molar refractivity (Wildman–Crippen MR) is 149 cm³/mol. The minimum absolute atomic E-state index is 0.0906. The maximum atomic E-state index is 13.9. The standard InChI is InChI=1S/C27H24ClN5O2S2/c1-16-7-12-21-20(13-16)23-24(35)32(19-10-8-18(28)9-11-19)26-30-31-27(33(26)25(23)37-21)36-15-22(34)29-14-17-5-3-2-4-6-17/h2-6,8-11,16H,7,12-15H2,1H3,(H,29,34). The number of nitrogens with zero attached hydrogens (tertiary/aromatic N) is 4. The van der Waals surface area contributed by atoms with Gasteiger partial charge < -0.3 is 5.32 Å². The van der Waals surface area contributed by atoms with Crippen LogP contribution >= 0.6 is 34.7 Å². The molecule has 0 saturated carbocycles. The fourth-order valence-corrected chi connectivity index (χ4v) is 7.08. The number of thiophene rings is 1. The molecule has 5 aromatic rings. The summed E-state index contributed by atoms with van der Waals surface area (Å²) in [5, 5.41) is 13.7. The van der Waals surface area contributed by atoms with Crippen LogP contribution in [-0.4, -0.2) is 30.8 Å². The minimum atomic E-state index is -0.0963. The van der Waals surface area contributed by atoms with E-state index in [9.17, 15) is 9.59 Å². The summed E-state index contributed by atoms with van der Waals surface area (Å²) >= 11 is 9.09. The van der Waals surface area contributed by atoms with Gasteiger partial charge in [-0.15, -0.1) is 21.5 Å². The van der Waals surface area contributed by atoms with Crippen molar-refractivity contribution >= 4 is 56.6 Å². The number of nitrogens with one attached hydrogen (secondary N) is 1. The number of fused-ring (bicyclic) bond motifs is 5. The predicted octanol–water partition coefficient (Wildman–Crippen LogP) is 5.28. The summed E-state index contributed by atoms with van der Waals surface area (Å²) < 4.78 is 3.55. The van der Waals surface area contributed by atoms with Crippen LogP contribution in [0.3, 0.4) is 0 Å². The smallest absolute Gasteiger partial charge is 0.268 e. The first-order valence-electron chi connectivity index (χ1n) is 12.1. The fraction of sp³-hybridized carbons (Fsp3) is 0.259. The third kappa shape index (κ3) is 4.56. The van der Waals surface area contributed by atoms with Gasteiger partial charge in [-0.1, -0.05) is 60.6 Å². The topological polar surface area (TPSA) is 81.3 Å². The van der Waals surface area contributed by atoms with Gasteiger partial charge >= 0.3 is 0 Å². The minimum Gasteiger partial charge on any atom is -0.351 e. The number of amides is 1. The molecule has 0 fully saturated rings. The van der Waals surface area contributed by atoms with Crippen LogP contribution in [0, 0.1) is 5.92 Å². The number of aryl methyl sites for hydroxylation is 1. The van der Waals surface area contributed by atoms with Crippen molar-refractivity contribution in [1.82, 2.24) is 24.5 Å². The summed E-state index contributed by atoms with van der Waals surface area (Å²) in [6.45, 7) is 2.70. The summed E-state index contributed by atoms with van der Waals surface area (Å²) in [6.07, 6.45) is 2.95. The number of halogens is 1. The van der Waals surface area contributed by atoms with Gasteiger partial charge in [-0.05, 0) is 60.6 Å². The van der Waals surface area contributed by atoms with Gasteiger partial charge in [-0.2, -0.15) is 0 Å². The molecule has 1 atom stereocenters. The number of aromatic nitrogens is 4. The Labute approximate surface area is 226 Å². The first-order valence-corrected chi connectivity index (χ1v) is 14.3. The molecule has 1 amide bonds. The Hall–Kier alpha value is -3.14. The highest BCUT2D eigenvalue weighted by molar-refractivity contribution is 7.99. The Kier molecular flexibility index (Phi) is 6.52. The second-order valence-corrected chi connectivity index (χ2v) is 11.8. The Balaban J connectivity index is 1.42. The number of hydrogen-bond acceptors (Lipinski definition) is 6. The largest absolute Gasteiger partial charge is 0.351 e. The second kappa shape index (κ2) is 9.96. The lowest BCUT2D eigenvalue weighted by Gasteiger charge is -2.18. The summed E-state index contributed by atoms with van der Waals surface area (Å²) in [7, 11) is 0. The van der Waals surface area contributed by atoms with E-state index in [0.717, 1.165) is 40.6 Å². The summed E-state index contributed by atoms with van der Waals surface area (Å²) in [5.41, 5.74) is 2.76. The van der Waals surface area contributed by atoms with Crippen molar-refractivity contribution in [3.05, 3.63) is 86.0 Å². The SMILES string of the molecule is CC1CCc2sc3c(c2C1)c(=O)n(-c1ccc(Cl)cc1)c1nnc(SCC(=O)NCc2ccccc2)n31. The van der Waals surface area contributed by atoms with Crippen LogP contribution in [0.5, 0.6) is 0 Å². The normalized spacial score (nSPS) is 15.2. The average Bonchev–Trinajstić information content (AvgIpc) is 3.49. The van der Waals surface area contributed by atoms with Crippen molar-refractivity contribution in [2.45, 2.75) is 37.9 Å². The van der Waals surface area contributed by atoms with Gasteiger partial charge in [0.1, 0.15) is 4.83 Å². The van der Waals surface area contributed by atoms with E-state index in [2.05, 4.69) is 22.4 Å². The van der Waals surface area contributed by atoms with Gasteiger partial charge in [0.25, 0.3) is 5.56 Å². The van der Waals surface area contributed by atoms with Crippen LogP contribution < -0.4 is 10.9 Å². The summed E-state index contributed by atoms with van der Waals surface area (Å²) in [6, 6.07) is 17.0. The van der Waals surface area contributed by atoms with Crippen molar-refractivity contribution in [2.24, 2.45) is 5.92 Å². The lowest BCUT2D eigenvalue weighted by molar-refractivity contribution is -0.118. The number of hydrogen-bond donors (Lipinski definition) is 1. The van der Waals surface area contributed by atoms with Crippen molar-refractivity contribution in [3.63, 3.8) is 0 Å². The molecule has 0 bridgehead atoms. The van der Waals surface area contributed by atoms with Crippen molar-refractivity contribution < 1.29 is 4.79 Å². The van der Waals surface area contributed by atoms with Gasteiger partial charge in [-0.3, -0.25) is 9.59 Å². The first-order chi connectivity index (χ1) is 18.0. The highest BCUT2D eigenvalue weighted by atomic mass is 35.5. The van der Waals surface area contributed by atoms with E-state index in [0.29, 0.717) is 34.1 Å². The number of benzene rings is 2.